The van der Waals surface area contributed by atoms with E-state index in [9.17, 15) is 4.79 Å². The maximum atomic E-state index is 12.3. The summed E-state index contributed by atoms with van der Waals surface area (Å²) in [7, 11) is 3.64. The van der Waals surface area contributed by atoms with E-state index in [0.29, 0.717) is 19.0 Å². The van der Waals surface area contributed by atoms with Crippen molar-refractivity contribution in [2.75, 3.05) is 26.7 Å². The molecule has 1 amide bonds. The van der Waals surface area contributed by atoms with Crippen LogP contribution in [0.2, 0.25) is 0 Å². The third-order valence-electron chi connectivity index (χ3n) is 6.55. The molecule has 2 aliphatic rings. The molecule has 4 rings (SSSR count). The molecular weight excluding hydrogens is 380 g/mol. The van der Waals surface area contributed by atoms with Crippen LogP contribution in [0.5, 0.6) is 11.5 Å². The molecule has 2 atom stereocenters. The fourth-order valence-corrected chi connectivity index (χ4v) is 4.57. The summed E-state index contributed by atoms with van der Waals surface area (Å²) in [5.41, 5.74) is 3.50. The molecule has 0 saturated carbocycles. The molecule has 2 aliphatic heterocycles. The number of ether oxygens (including phenoxy) is 2. The molecule has 0 aliphatic carbocycles. The zero-order valence-corrected chi connectivity index (χ0v) is 18.4. The van der Waals surface area contributed by atoms with Crippen LogP contribution in [-0.4, -0.2) is 58.3 Å². The van der Waals surface area contributed by atoms with Gasteiger partial charge in [-0.25, -0.2) is 0 Å². The number of aromatic nitrogens is 2. The first-order chi connectivity index (χ1) is 14.4. The van der Waals surface area contributed by atoms with Gasteiger partial charge >= 0.3 is 0 Å². The van der Waals surface area contributed by atoms with Crippen molar-refractivity contribution >= 4 is 5.91 Å². The Labute approximate surface area is 178 Å². The van der Waals surface area contributed by atoms with Crippen LogP contribution in [0, 0.1) is 12.8 Å². The predicted molar refractivity (Wildman–Crippen MR) is 114 cm³/mol. The second-order valence-corrected chi connectivity index (χ2v) is 8.55. The first kappa shape index (κ1) is 20.7. The quantitative estimate of drug-likeness (QED) is 0.773. The van der Waals surface area contributed by atoms with Crippen LogP contribution in [-0.2, 0) is 24.9 Å². The predicted octanol–water partition coefficient (Wildman–Crippen LogP) is 2.76. The molecule has 0 spiro atoms. The van der Waals surface area contributed by atoms with E-state index in [1.807, 2.05) is 41.0 Å². The highest BCUT2D eigenvalue weighted by atomic mass is 16.5. The molecule has 1 fully saturated rings. The summed E-state index contributed by atoms with van der Waals surface area (Å²) in [5, 5.41) is 4.38. The number of fused-ring (bicyclic) bond motifs is 1. The highest BCUT2D eigenvalue weighted by Gasteiger charge is 2.33. The molecule has 7 nitrogen and oxygen atoms in total. The van der Waals surface area contributed by atoms with Gasteiger partial charge in [-0.1, -0.05) is 0 Å². The lowest BCUT2D eigenvalue weighted by molar-refractivity contribution is -0.130. The number of carbonyl (C=O) groups excluding carboxylic acids is 1. The Kier molecular flexibility index (Phi) is 5.99. The Morgan fingerprint density at radius 3 is 2.87 bits per heavy atom. The largest absolute Gasteiger partial charge is 0.497 e. The first-order valence-electron chi connectivity index (χ1n) is 10.7. The molecule has 0 radical (unpaired) electrons. The summed E-state index contributed by atoms with van der Waals surface area (Å²) in [5.74, 6) is 2.11. The number of carbonyl (C=O) groups is 1. The third kappa shape index (κ3) is 4.31. The van der Waals surface area contributed by atoms with Crippen molar-refractivity contribution in [3.8, 4) is 11.5 Å². The average molecular weight is 413 g/mol. The van der Waals surface area contributed by atoms with E-state index in [1.54, 1.807) is 14.0 Å². The van der Waals surface area contributed by atoms with Gasteiger partial charge < -0.3 is 14.4 Å². The van der Waals surface area contributed by atoms with Gasteiger partial charge in [0.05, 0.1) is 19.9 Å². The van der Waals surface area contributed by atoms with E-state index in [-0.39, 0.29) is 12.0 Å². The normalized spacial score (nSPS) is 22.2. The van der Waals surface area contributed by atoms with Crippen molar-refractivity contribution in [2.45, 2.75) is 45.9 Å². The van der Waals surface area contributed by atoms with E-state index in [2.05, 4.69) is 16.9 Å². The number of aryl methyl sites for hydroxylation is 1. The number of amides is 1. The number of rotatable bonds is 4. The lowest BCUT2D eigenvalue weighted by atomic mass is 9.91. The third-order valence-corrected chi connectivity index (χ3v) is 6.55. The SMILES string of the molecule is COc1ccc2c(c1)CN(C(C)=O)C[C@H]([C@@H]1CCCN(Cc3cnn(C)c3C)C1)O2. The average Bonchev–Trinajstić information content (AvgIpc) is 2.95. The van der Waals surface area contributed by atoms with Crippen LogP contribution in [0.25, 0.3) is 0 Å². The van der Waals surface area contributed by atoms with E-state index in [4.69, 9.17) is 9.47 Å². The number of nitrogens with zero attached hydrogens (tertiary/aromatic N) is 4. The highest BCUT2D eigenvalue weighted by Crippen LogP contribution is 2.33. The van der Waals surface area contributed by atoms with E-state index < -0.39 is 0 Å². The van der Waals surface area contributed by atoms with E-state index >= 15 is 0 Å². The molecule has 1 saturated heterocycles. The topological polar surface area (TPSA) is 59.8 Å². The molecule has 0 N–H and O–H groups in total. The van der Waals surface area contributed by atoms with Gasteiger partial charge in [0.15, 0.2) is 0 Å². The van der Waals surface area contributed by atoms with Gasteiger partial charge in [0, 0.05) is 56.3 Å². The van der Waals surface area contributed by atoms with Gasteiger partial charge in [-0.3, -0.25) is 14.4 Å². The summed E-state index contributed by atoms with van der Waals surface area (Å²) in [6, 6.07) is 5.88. The molecule has 1 aromatic heterocycles. The van der Waals surface area contributed by atoms with Crippen molar-refractivity contribution in [3.63, 3.8) is 0 Å². The molecular formula is C23H32N4O3. The fourth-order valence-electron chi connectivity index (χ4n) is 4.57. The maximum absolute atomic E-state index is 12.3. The number of piperidine rings is 1. The molecule has 30 heavy (non-hydrogen) atoms. The Morgan fingerprint density at radius 1 is 1.33 bits per heavy atom. The number of methoxy groups -OCH3 is 1. The van der Waals surface area contributed by atoms with Crippen LogP contribution in [0.15, 0.2) is 24.4 Å². The summed E-state index contributed by atoms with van der Waals surface area (Å²) < 4.78 is 13.8. The molecule has 7 heteroatoms. The fraction of sp³-hybridized carbons (Fsp3) is 0.565. The summed E-state index contributed by atoms with van der Waals surface area (Å²) >= 11 is 0. The van der Waals surface area contributed by atoms with Crippen LogP contribution in [0.4, 0.5) is 0 Å². The molecule has 0 unspecified atom stereocenters. The number of hydrogen-bond donors (Lipinski definition) is 0. The van der Waals surface area contributed by atoms with E-state index in [1.165, 1.54) is 11.3 Å². The van der Waals surface area contributed by atoms with Crippen LogP contribution in [0.3, 0.4) is 0 Å². The molecule has 1 aromatic carbocycles. The molecule has 2 aromatic rings. The second-order valence-electron chi connectivity index (χ2n) is 8.55. The minimum Gasteiger partial charge on any atom is -0.497 e. The first-order valence-corrected chi connectivity index (χ1v) is 10.7. The van der Waals surface area contributed by atoms with Crippen LogP contribution < -0.4 is 9.47 Å². The van der Waals surface area contributed by atoms with Crippen LogP contribution in [0.1, 0.15) is 36.6 Å². The van der Waals surface area contributed by atoms with Crippen LogP contribution >= 0.6 is 0 Å². The number of hydrogen-bond acceptors (Lipinski definition) is 5. The van der Waals surface area contributed by atoms with Gasteiger partial charge in [0.2, 0.25) is 5.91 Å². The molecule has 3 heterocycles. The smallest absolute Gasteiger partial charge is 0.219 e. The maximum Gasteiger partial charge on any atom is 0.219 e. The van der Waals surface area contributed by atoms with Crippen molar-refractivity contribution < 1.29 is 14.3 Å². The molecule has 0 bridgehead atoms. The van der Waals surface area contributed by atoms with Crippen molar-refractivity contribution in [1.82, 2.24) is 19.6 Å². The second kappa shape index (κ2) is 8.68. The lowest BCUT2D eigenvalue weighted by Crippen LogP contribution is -2.46. The number of benzene rings is 1. The summed E-state index contributed by atoms with van der Waals surface area (Å²) in [6.45, 7) is 7.90. The highest BCUT2D eigenvalue weighted by molar-refractivity contribution is 5.73. The minimum atomic E-state index is -0.0126. The standard InChI is InChI=1S/C23H32N4O3/c1-16-20(11-24-25(16)3)13-26-9-5-6-18(12-26)23-15-27(17(2)28)14-19-10-21(29-4)7-8-22(19)30-23/h7-8,10-11,18,23H,5-6,9,12-15H2,1-4H3/t18-,23-/m1/s1. The van der Waals surface area contributed by atoms with Crippen molar-refractivity contribution in [1.29, 1.82) is 0 Å². The number of likely N-dealkylation sites (tertiary alicyclic amines) is 1. The Hall–Kier alpha value is -2.54. The lowest BCUT2D eigenvalue weighted by Gasteiger charge is -2.37. The summed E-state index contributed by atoms with van der Waals surface area (Å²) in [4.78, 5) is 16.7. The van der Waals surface area contributed by atoms with Gasteiger partial charge in [0.1, 0.15) is 17.6 Å². The zero-order valence-electron chi connectivity index (χ0n) is 18.4. The zero-order chi connectivity index (χ0) is 21.3. The Morgan fingerprint density at radius 2 is 2.17 bits per heavy atom. The van der Waals surface area contributed by atoms with Gasteiger partial charge in [-0.2, -0.15) is 5.10 Å². The van der Waals surface area contributed by atoms with Gasteiger partial charge in [-0.15, -0.1) is 0 Å². The Balaban J connectivity index is 1.52. The summed E-state index contributed by atoms with van der Waals surface area (Å²) in [6.07, 6.45) is 4.22. The van der Waals surface area contributed by atoms with Gasteiger partial charge in [0.25, 0.3) is 0 Å². The monoisotopic (exact) mass is 412 g/mol. The Bertz CT molecular complexity index is 910. The van der Waals surface area contributed by atoms with E-state index in [0.717, 1.165) is 49.5 Å². The van der Waals surface area contributed by atoms with Crippen molar-refractivity contribution in [2.24, 2.45) is 13.0 Å². The molecule has 162 valence electrons. The van der Waals surface area contributed by atoms with Crippen molar-refractivity contribution in [3.05, 3.63) is 41.2 Å². The minimum absolute atomic E-state index is 0.0126. The van der Waals surface area contributed by atoms with Gasteiger partial charge in [-0.05, 0) is 44.5 Å².